The molecule has 0 radical (unpaired) electrons. The van der Waals surface area contributed by atoms with Gasteiger partial charge in [-0.05, 0) is 55.9 Å². The van der Waals surface area contributed by atoms with Crippen molar-refractivity contribution in [3.63, 3.8) is 0 Å². The second-order valence-corrected chi connectivity index (χ2v) is 9.70. The molecule has 1 aromatic heterocycles. The van der Waals surface area contributed by atoms with Crippen molar-refractivity contribution < 1.29 is 14.3 Å². The average Bonchev–Trinajstić information content (AvgIpc) is 3.62. The highest BCUT2D eigenvalue weighted by atomic mass is 16.5. The molecule has 2 aliphatic heterocycles. The molecular weight excluding hydrogens is 496 g/mol. The van der Waals surface area contributed by atoms with Crippen LogP contribution in [-0.2, 0) is 17.8 Å². The van der Waals surface area contributed by atoms with Gasteiger partial charge >= 0.3 is 0 Å². The molecule has 39 heavy (non-hydrogen) atoms. The fourth-order valence-corrected chi connectivity index (χ4v) is 4.89. The molecule has 6 N–H and O–H groups in total. The standard InChI is InChI=1S/C28H32N8O3/c1-16(32-20-7-5-6-18-14-31-27(38)25(18)20)19-8-10-30-26(19)34-28(29)33-21-13-22-17(12-23(21)39-4)9-11-36(22)24(37)15-35(2)3/h5-8,10,12-13,30,32H,1,9,11,14-15H2,2-4H3,(H,31,38)(H3,29,33,34). The number of nitrogens with zero attached hydrogens (tertiary/aromatic N) is 3. The van der Waals surface area contributed by atoms with Crippen molar-refractivity contribution in [3.05, 3.63) is 71.4 Å². The van der Waals surface area contributed by atoms with Gasteiger partial charge in [-0.2, -0.15) is 4.99 Å². The Balaban J connectivity index is 1.36. The van der Waals surface area contributed by atoms with Crippen molar-refractivity contribution in [2.45, 2.75) is 13.0 Å². The first-order valence-corrected chi connectivity index (χ1v) is 12.6. The van der Waals surface area contributed by atoms with Crippen molar-refractivity contribution in [1.29, 1.82) is 0 Å². The van der Waals surface area contributed by atoms with Crippen LogP contribution in [0.25, 0.3) is 5.70 Å². The minimum Gasteiger partial charge on any atom is -0.495 e. The number of aromatic nitrogens is 1. The summed E-state index contributed by atoms with van der Waals surface area (Å²) in [6.07, 6.45) is 2.49. The Kier molecular flexibility index (Phi) is 6.99. The van der Waals surface area contributed by atoms with Gasteiger partial charge in [0.05, 0.1) is 30.6 Å². The lowest BCUT2D eigenvalue weighted by Crippen LogP contribution is -2.36. The largest absolute Gasteiger partial charge is 0.495 e. The maximum absolute atomic E-state index is 12.8. The summed E-state index contributed by atoms with van der Waals surface area (Å²) in [4.78, 5) is 36.3. The number of aliphatic imine (C=N–C) groups is 1. The van der Waals surface area contributed by atoms with E-state index in [1.165, 1.54) is 0 Å². The summed E-state index contributed by atoms with van der Waals surface area (Å²) in [6, 6.07) is 11.3. The molecule has 0 atom stereocenters. The summed E-state index contributed by atoms with van der Waals surface area (Å²) in [5.74, 6) is 1.11. The third kappa shape index (κ3) is 5.16. The van der Waals surface area contributed by atoms with E-state index in [1.54, 1.807) is 18.2 Å². The molecule has 11 heteroatoms. The number of nitrogens with one attached hydrogen (secondary N) is 4. The van der Waals surface area contributed by atoms with Crippen LogP contribution in [0.4, 0.5) is 22.9 Å². The number of nitrogens with two attached hydrogens (primary N) is 1. The number of hydrogen-bond acceptors (Lipinski definition) is 6. The Bertz CT molecular complexity index is 1490. The van der Waals surface area contributed by atoms with Gasteiger partial charge in [-0.25, -0.2) is 0 Å². The lowest BCUT2D eigenvalue weighted by Gasteiger charge is -2.21. The summed E-state index contributed by atoms with van der Waals surface area (Å²) < 4.78 is 5.59. The number of carbonyl (C=O) groups excluding carboxylic acids is 2. The zero-order chi connectivity index (χ0) is 27.7. The van der Waals surface area contributed by atoms with Crippen molar-refractivity contribution in [1.82, 2.24) is 15.2 Å². The molecule has 0 fully saturated rings. The van der Waals surface area contributed by atoms with Crippen molar-refractivity contribution in [3.8, 4) is 5.75 Å². The summed E-state index contributed by atoms with van der Waals surface area (Å²) in [6.45, 7) is 5.60. The average molecular weight is 529 g/mol. The monoisotopic (exact) mass is 528 g/mol. The molecule has 3 aromatic rings. The summed E-state index contributed by atoms with van der Waals surface area (Å²) in [5, 5.41) is 9.20. The molecule has 5 rings (SSSR count). The highest BCUT2D eigenvalue weighted by Gasteiger charge is 2.27. The number of benzene rings is 2. The van der Waals surface area contributed by atoms with E-state index in [2.05, 4.69) is 32.5 Å². The van der Waals surface area contributed by atoms with Crippen LogP contribution in [0.5, 0.6) is 5.75 Å². The van der Waals surface area contributed by atoms with Gasteiger partial charge in [-0.15, -0.1) is 0 Å². The Morgan fingerprint density at radius 1 is 1.21 bits per heavy atom. The van der Waals surface area contributed by atoms with Gasteiger partial charge in [0.2, 0.25) is 5.91 Å². The number of amides is 2. The molecule has 0 unspecified atom stereocenters. The fraction of sp³-hybridized carbons (Fsp3) is 0.250. The van der Waals surface area contributed by atoms with Crippen LogP contribution in [0.15, 0.2) is 54.2 Å². The van der Waals surface area contributed by atoms with Gasteiger partial charge in [0.1, 0.15) is 11.6 Å². The first-order chi connectivity index (χ1) is 18.7. The molecule has 202 valence electrons. The predicted octanol–water partition coefficient (Wildman–Crippen LogP) is 2.86. The van der Waals surface area contributed by atoms with Gasteiger partial charge in [0.25, 0.3) is 5.91 Å². The van der Waals surface area contributed by atoms with E-state index >= 15 is 0 Å². The highest BCUT2D eigenvalue weighted by molar-refractivity contribution is 6.05. The van der Waals surface area contributed by atoms with Crippen molar-refractivity contribution >= 4 is 46.4 Å². The number of hydrogen-bond donors (Lipinski definition) is 5. The number of methoxy groups -OCH3 is 1. The first-order valence-electron chi connectivity index (χ1n) is 12.6. The van der Waals surface area contributed by atoms with Crippen molar-refractivity contribution in [2.24, 2.45) is 10.7 Å². The van der Waals surface area contributed by atoms with Gasteiger partial charge in [0, 0.05) is 36.2 Å². The van der Waals surface area contributed by atoms with Crippen LogP contribution in [-0.4, -0.2) is 62.0 Å². The molecule has 2 amide bonds. The number of guanidine groups is 1. The van der Waals surface area contributed by atoms with Gasteiger partial charge < -0.3 is 41.2 Å². The summed E-state index contributed by atoms with van der Waals surface area (Å²) in [7, 11) is 5.33. The molecule has 3 heterocycles. The summed E-state index contributed by atoms with van der Waals surface area (Å²) >= 11 is 0. The van der Waals surface area contributed by atoms with Crippen LogP contribution >= 0.6 is 0 Å². The van der Waals surface area contributed by atoms with E-state index in [0.29, 0.717) is 59.4 Å². The van der Waals surface area contributed by atoms with Crippen LogP contribution in [0.2, 0.25) is 0 Å². The topological polar surface area (TPSA) is 140 Å². The lowest BCUT2D eigenvalue weighted by atomic mass is 10.1. The molecular formula is C28H32N8O3. The van der Waals surface area contributed by atoms with E-state index in [4.69, 9.17) is 10.5 Å². The van der Waals surface area contributed by atoms with E-state index in [1.807, 2.05) is 55.4 Å². The van der Waals surface area contributed by atoms with Crippen LogP contribution in [0.3, 0.4) is 0 Å². The lowest BCUT2D eigenvalue weighted by molar-refractivity contribution is -0.119. The molecule has 0 bridgehead atoms. The number of fused-ring (bicyclic) bond motifs is 2. The number of aromatic amines is 1. The third-order valence-corrected chi connectivity index (χ3v) is 6.70. The molecule has 0 saturated carbocycles. The van der Waals surface area contributed by atoms with E-state index in [-0.39, 0.29) is 17.8 Å². The van der Waals surface area contributed by atoms with Crippen LogP contribution in [0.1, 0.15) is 27.0 Å². The number of H-pyrrole nitrogens is 1. The molecule has 0 aliphatic carbocycles. The number of rotatable bonds is 8. The van der Waals surface area contributed by atoms with E-state index in [9.17, 15) is 9.59 Å². The molecule has 2 aromatic carbocycles. The number of anilines is 3. The maximum atomic E-state index is 12.8. The van der Waals surface area contributed by atoms with Crippen LogP contribution < -0.4 is 31.3 Å². The SMILES string of the molecule is C=C(Nc1cccc2c1C(=O)NC2)c1cc[nH]c1N=C(N)Nc1cc2c(cc1OC)CCN2C(=O)CN(C)C. The summed E-state index contributed by atoms with van der Waals surface area (Å²) in [5.41, 5.74) is 12.2. The maximum Gasteiger partial charge on any atom is 0.254 e. The van der Waals surface area contributed by atoms with Crippen molar-refractivity contribution in [2.75, 3.05) is 49.8 Å². The quantitative estimate of drug-likeness (QED) is 0.224. The van der Waals surface area contributed by atoms with E-state index in [0.717, 1.165) is 23.2 Å². The molecule has 11 nitrogen and oxygen atoms in total. The van der Waals surface area contributed by atoms with Gasteiger partial charge in [-0.1, -0.05) is 18.7 Å². The predicted molar refractivity (Wildman–Crippen MR) is 154 cm³/mol. The Morgan fingerprint density at radius 3 is 2.79 bits per heavy atom. The van der Waals surface area contributed by atoms with Crippen LogP contribution in [0, 0.1) is 0 Å². The molecule has 2 aliphatic rings. The number of likely N-dealkylation sites (N-methyl/N-ethyl adjacent to an activating group) is 1. The number of carbonyl (C=O) groups is 2. The normalized spacial score (nSPS) is 14.2. The Morgan fingerprint density at radius 2 is 2.03 bits per heavy atom. The third-order valence-electron chi connectivity index (χ3n) is 6.70. The zero-order valence-electron chi connectivity index (χ0n) is 22.2. The van der Waals surface area contributed by atoms with E-state index < -0.39 is 0 Å². The van der Waals surface area contributed by atoms with Gasteiger partial charge in [0.15, 0.2) is 5.96 Å². The second kappa shape index (κ2) is 10.5. The minimum absolute atomic E-state index is 0.0279. The molecule has 0 saturated heterocycles. The fourth-order valence-electron chi connectivity index (χ4n) is 4.89. The zero-order valence-corrected chi connectivity index (χ0v) is 22.2. The molecule has 0 spiro atoms. The Labute approximate surface area is 226 Å². The number of ether oxygens (including phenoxy) is 1. The Hall–Kier alpha value is -4.77. The highest BCUT2D eigenvalue weighted by Crippen LogP contribution is 2.37. The van der Waals surface area contributed by atoms with Gasteiger partial charge in [-0.3, -0.25) is 9.59 Å². The minimum atomic E-state index is -0.119. The second-order valence-electron chi connectivity index (χ2n) is 9.70. The first kappa shape index (κ1) is 25.9. The smallest absolute Gasteiger partial charge is 0.254 e.